The maximum absolute atomic E-state index is 13.3. The van der Waals surface area contributed by atoms with E-state index in [2.05, 4.69) is 4.98 Å². The van der Waals surface area contributed by atoms with E-state index in [0.717, 1.165) is 10.9 Å². The minimum Gasteiger partial charge on any atom is -0.487 e. The van der Waals surface area contributed by atoms with Crippen LogP contribution in [0.5, 0.6) is 5.75 Å². The Hall–Kier alpha value is -3.23. The molecule has 1 aromatic heterocycles. The van der Waals surface area contributed by atoms with E-state index in [1.807, 2.05) is 36.4 Å². The van der Waals surface area contributed by atoms with Crippen molar-refractivity contribution in [2.45, 2.75) is 21.6 Å². The molecule has 32 heavy (non-hydrogen) atoms. The zero-order chi connectivity index (χ0) is 22.3. The van der Waals surface area contributed by atoms with Gasteiger partial charge in [-0.25, -0.2) is 21.8 Å². The maximum atomic E-state index is 13.3. The van der Waals surface area contributed by atoms with Crippen molar-refractivity contribution >= 4 is 30.6 Å². The van der Waals surface area contributed by atoms with Gasteiger partial charge < -0.3 is 4.74 Å². The van der Waals surface area contributed by atoms with Crippen LogP contribution in [-0.2, 0) is 26.3 Å². The highest BCUT2D eigenvalue weighted by molar-refractivity contribution is 7.96. The molecule has 0 amide bonds. The third kappa shape index (κ3) is 3.55. The molecule has 0 saturated heterocycles. The molecule has 0 fully saturated rings. The molecule has 0 bridgehead atoms. The molecule has 1 aliphatic rings. The first kappa shape index (κ1) is 20.7. The van der Waals surface area contributed by atoms with Gasteiger partial charge in [0.15, 0.2) is 19.7 Å². The Morgan fingerprint density at radius 1 is 0.875 bits per heavy atom. The van der Waals surface area contributed by atoms with E-state index in [9.17, 15) is 16.8 Å². The predicted octanol–water partition coefficient (Wildman–Crippen LogP) is 4.12. The van der Waals surface area contributed by atoms with Crippen molar-refractivity contribution in [2.24, 2.45) is 0 Å². The molecule has 0 spiro atoms. The summed E-state index contributed by atoms with van der Waals surface area (Å²) in [4.78, 5) is 4.65. The monoisotopic (exact) mass is 465 g/mol. The molecule has 162 valence electrons. The van der Waals surface area contributed by atoms with E-state index >= 15 is 0 Å². The summed E-state index contributed by atoms with van der Waals surface area (Å²) in [6.45, 7) is 0.0828. The number of nitrogens with zero attached hydrogens (tertiary/aromatic N) is 1. The van der Waals surface area contributed by atoms with Gasteiger partial charge >= 0.3 is 0 Å². The van der Waals surface area contributed by atoms with Gasteiger partial charge in [-0.15, -0.1) is 0 Å². The van der Waals surface area contributed by atoms with Gasteiger partial charge in [-0.3, -0.25) is 0 Å². The van der Waals surface area contributed by atoms with Gasteiger partial charge in [0, 0.05) is 10.9 Å². The SMILES string of the molecule is O=S1(=O)CC(S(=O)(=O)c2ccccc2)c2c(OCc3ccc4ccccc4n3)cccc21. The molecule has 1 unspecified atom stereocenters. The van der Waals surface area contributed by atoms with Crippen LogP contribution >= 0.6 is 0 Å². The van der Waals surface area contributed by atoms with Crippen molar-refractivity contribution in [3.63, 3.8) is 0 Å². The molecule has 0 saturated carbocycles. The van der Waals surface area contributed by atoms with E-state index in [4.69, 9.17) is 4.74 Å². The fourth-order valence-corrected chi connectivity index (χ4v) is 8.33. The van der Waals surface area contributed by atoms with Gasteiger partial charge in [-0.1, -0.05) is 48.5 Å². The first-order valence-corrected chi connectivity index (χ1v) is 13.2. The number of pyridine rings is 1. The molecule has 8 heteroatoms. The number of hydrogen-bond donors (Lipinski definition) is 0. The summed E-state index contributed by atoms with van der Waals surface area (Å²) in [7, 11) is -7.69. The third-order valence-corrected chi connectivity index (χ3v) is 9.62. The Morgan fingerprint density at radius 2 is 1.62 bits per heavy atom. The average molecular weight is 466 g/mol. The molecule has 2 heterocycles. The second-order valence-corrected chi connectivity index (χ2v) is 11.7. The maximum Gasteiger partial charge on any atom is 0.186 e. The first-order valence-electron chi connectivity index (χ1n) is 9.98. The van der Waals surface area contributed by atoms with E-state index in [1.54, 1.807) is 30.3 Å². The lowest BCUT2D eigenvalue weighted by atomic mass is 10.1. The highest BCUT2D eigenvalue weighted by Gasteiger charge is 2.45. The number of fused-ring (bicyclic) bond motifs is 2. The average Bonchev–Trinajstić information content (AvgIpc) is 3.10. The number of para-hydroxylation sites is 1. The Bertz CT molecular complexity index is 1530. The summed E-state index contributed by atoms with van der Waals surface area (Å²) in [5.74, 6) is -0.267. The highest BCUT2D eigenvalue weighted by atomic mass is 32.2. The minimum absolute atomic E-state index is 0.00553. The third-order valence-electron chi connectivity index (χ3n) is 5.53. The Morgan fingerprint density at radius 3 is 2.44 bits per heavy atom. The fraction of sp³-hybridized carbons (Fsp3) is 0.125. The van der Waals surface area contributed by atoms with Crippen molar-refractivity contribution in [1.82, 2.24) is 4.98 Å². The molecule has 0 aliphatic carbocycles. The van der Waals surface area contributed by atoms with Crippen LogP contribution in [0.3, 0.4) is 0 Å². The fourth-order valence-electron chi connectivity index (χ4n) is 3.97. The number of aromatic nitrogens is 1. The first-order chi connectivity index (χ1) is 15.4. The largest absolute Gasteiger partial charge is 0.487 e. The molecule has 5 rings (SSSR count). The Labute approximate surface area is 186 Å². The smallest absolute Gasteiger partial charge is 0.186 e. The van der Waals surface area contributed by atoms with Gasteiger partial charge in [0.25, 0.3) is 0 Å². The van der Waals surface area contributed by atoms with Crippen LogP contribution in [0.2, 0.25) is 0 Å². The van der Waals surface area contributed by atoms with E-state index in [-0.39, 0.29) is 27.7 Å². The van der Waals surface area contributed by atoms with Crippen molar-refractivity contribution in [2.75, 3.05) is 5.75 Å². The number of hydrogen-bond acceptors (Lipinski definition) is 6. The van der Waals surface area contributed by atoms with Crippen LogP contribution in [0.1, 0.15) is 16.5 Å². The Balaban J connectivity index is 1.53. The molecule has 1 aliphatic heterocycles. The van der Waals surface area contributed by atoms with Crippen LogP contribution in [0, 0.1) is 0 Å². The number of ether oxygens (including phenoxy) is 1. The standard InChI is InChI=1S/C24H19NO5S2/c26-31(27)16-23(32(28,29)19-8-2-1-3-9-19)24-21(11-6-12-22(24)31)30-15-18-14-13-17-7-4-5-10-20(17)25-18/h1-14,23H,15-16H2. The van der Waals surface area contributed by atoms with Gasteiger partial charge in [0.1, 0.15) is 17.6 Å². The lowest BCUT2D eigenvalue weighted by molar-refractivity contribution is 0.298. The molecular weight excluding hydrogens is 446 g/mol. The second-order valence-electron chi connectivity index (χ2n) is 7.58. The molecular formula is C24H19NO5S2. The molecule has 1 atom stereocenters. The van der Waals surface area contributed by atoms with Crippen LogP contribution in [0.15, 0.2) is 94.7 Å². The highest BCUT2D eigenvalue weighted by Crippen LogP contribution is 2.45. The van der Waals surface area contributed by atoms with Crippen molar-refractivity contribution < 1.29 is 21.6 Å². The second kappa shape index (κ2) is 7.72. The van der Waals surface area contributed by atoms with Gasteiger partial charge in [0.2, 0.25) is 0 Å². The molecule has 4 aromatic rings. The summed E-state index contributed by atoms with van der Waals surface area (Å²) < 4.78 is 58.2. The summed E-state index contributed by atoms with van der Waals surface area (Å²) >= 11 is 0. The van der Waals surface area contributed by atoms with Crippen LogP contribution in [-0.4, -0.2) is 27.6 Å². The molecule has 0 N–H and O–H groups in total. The summed E-state index contributed by atoms with van der Waals surface area (Å²) in [5, 5.41) is -0.234. The summed E-state index contributed by atoms with van der Waals surface area (Å²) in [6.07, 6.45) is 0. The summed E-state index contributed by atoms with van der Waals surface area (Å²) in [6, 6.07) is 24.0. The molecule has 0 radical (unpaired) electrons. The van der Waals surface area contributed by atoms with Crippen LogP contribution < -0.4 is 4.74 Å². The van der Waals surface area contributed by atoms with Crippen LogP contribution in [0.4, 0.5) is 0 Å². The molecule has 6 nitrogen and oxygen atoms in total. The minimum atomic E-state index is -3.93. The van der Waals surface area contributed by atoms with Crippen LogP contribution in [0.25, 0.3) is 10.9 Å². The zero-order valence-corrected chi connectivity index (χ0v) is 18.5. The normalized spacial score (nSPS) is 17.2. The zero-order valence-electron chi connectivity index (χ0n) is 16.9. The number of sulfone groups is 2. The van der Waals surface area contributed by atoms with Gasteiger partial charge in [-0.05, 0) is 36.4 Å². The summed E-state index contributed by atoms with van der Waals surface area (Å²) in [5.41, 5.74) is 1.67. The van der Waals surface area contributed by atoms with E-state index < -0.39 is 30.7 Å². The quantitative estimate of drug-likeness (QED) is 0.440. The van der Waals surface area contributed by atoms with Crippen molar-refractivity contribution in [3.05, 3.63) is 96.2 Å². The van der Waals surface area contributed by atoms with Crippen molar-refractivity contribution in [3.8, 4) is 5.75 Å². The topological polar surface area (TPSA) is 90.4 Å². The van der Waals surface area contributed by atoms with Gasteiger partial charge in [-0.2, -0.15) is 0 Å². The Kier molecular flexibility index (Phi) is 4.98. The number of rotatable bonds is 5. The van der Waals surface area contributed by atoms with Crippen molar-refractivity contribution in [1.29, 1.82) is 0 Å². The van der Waals surface area contributed by atoms with E-state index in [1.165, 1.54) is 18.2 Å². The van der Waals surface area contributed by atoms with E-state index in [0.29, 0.717) is 5.69 Å². The number of benzene rings is 3. The predicted molar refractivity (Wildman–Crippen MR) is 121 cm³/mol. The molecule has 3 aromatic carbocycles. The van der Waals surface area contributed by atoms with Gasteiger partial charge in [0.05, 0.1) is 26.8 Å². The lowest BCUT2D eigenvalue weighted by Crippen LogP contribution is -2.16. The lowest BCUT2D eigenvalue weighted by Gasteiger charge is -2.16.